The second kappa shape index (κ2) is 34.4. The molecule has 0 rings (SSSR count). The number of rotatable bonds is 31. The van der Waals surface area contributed by atoms with Crippen LogP contribution >= 0.6 is 0 Å². The van der Waals surface area contributed by atoms with E-state index in [0.29, 0.717) is 12.8 Å². The number of esters is 2. The molecule has 1 N–H and O–H groups in total. The number of ether oxygens (including phenoxy) is 2. The Morgan fingerprint density at radius 3 is 1.56 bits per heavy atom. The standard InChI is InChI=1S/C38H66O5/c1-3-5-7-9-11-13-15-17-18-19-21-23-25-27-29-31-33-38(41)43-36(34-39)35-42-37(40)32-30-28-26-24-22-20-16-14-12-10-8-6-4-2/h6,8,10,12,14,16,18-19,36,39H,3-5,7,9,11,13,15,17,20-35H2,1-2H3/b8-6+,12-10+,16-14+,19-18+. The fraction of sp³-hybridized carbons (Fsp3) is 0.737. The SMILES string of the molecule is CC/C=C/C=C/C=C/CCCCCCCC(=O)OCC(CO)OC(=O)CCCCCCC/C=C/CCCCCCCCC. The summed E-state index contributed by atoms with van der Waals surface area (Å²) in [6, 6.07) is 0. The Kier molecular flexibility index (Phi) is 32.6. The second-order valence-corrected chi connectivity index (χ2v) is 11.6. The third-order valence-corrected chi connectivity index (χ3v) is 7.42. The van der Waals surface area contributed by atoms with Crippen LogP contribution in [0.2, 0.25) is 0 Å². The van der Waals surface area contributed by atoms with Crippen LogP contribution in [0.15, 0.2) is 48.6 Å². The summed E-state index contributed by atoms with van der Waals surface area (Å²) in [6.45, 7) is 3.96. The molecular weight excluding hydrogens is 536 g/mol. The first-order valence-corrected chi connectivity index (χ1v) is 17.7. The molecule has 1 atom stereocenters. The molecule has 1 unspecified atom stereocenters. The lowest BCUT2D eigenvalue weighted by molar-refractivity contribution is -0.161. The van der Waals surface area contributed by atoms with Crippen molar-refractivity contribution in [3.63, 3.8) is 0 Å². The Morgan fingerprint density at radius 1 is 0.558 bits per heavy atom. The number of aliphatic hydroxyl groups excluding tert-OH is 1. The van der Waals surface area contributed by atoms with Gasteiger partial charge in [-0.05, 0) is 57.8 Å². The third kappa shape index (κ3) is 32.6. The summed E-state index contributed by atoms with van der Waals surface area (Å²) < 4.78 is 10.5. The van der Waals surface area contributed by atoms with E-state index < -0.39 is 6.10 Å². The lowest BCUT2D eigenvalue weighted by Crippen LogP contribution is -2.28. The largest absolute Gasteiger partial charge is 0.462 e. The van der Waals surface area contributed by atoms with Crippen LogP contribution < -0.4 is 0 Å². The number of unbranched alkanes of at least 4 members (excludes halogenated alkanes) is 17. The fourth-order valence-electron chi connectivity index (χ4n) is 4.72. The first kappa shape index (κ1) is 40.9. The molecule has 0 aliphatic heterocycles. The van der Waals surface area contributed by atoms with Gasteiger partial charge in [-0.25, -0.2) is 0 Å². The highest BCUT2D eigenvalue weighted by Crippen LogP contribution is 2.12. The molecule has 0 fully saturated rings. The molecule has 0 bridgehead atoms. The van der Waals surface area contributed by atoms with Crippen LogP contribution in [0.25, 0.3) is 0 Å². The zero-order valence-corrected chi connectivity index (χ0v) is 28.0. The van der Waals surface area contributed by atoms with Gasteiger partial charge in [-0.2, -0.15) is 0 Å². The molecule has 248 valence electrons. The highest BCUT2D eigenvalue weighted by atomic mass is 16.6. The van der Waals surface area contributed by atoms with E-state index in [-0.39, 0.29) is 25.2 Å². The van der Waals surface area contributed by atoms with Gasteiger partial charge in [-0.15, -0.1) is 0 Å². The van der Waals surface area contributed by atoms with Crippen LogP contribution in [0, 0.1) is 0 Å². The molecular formula is C38H66O5. The summed E-state index contributed by atoms with van der Waals surface area (Å²) in [5.41, 5.74) is 0. The van der Waals surface area contributed by atoms with Gasteiger partial charge in [0, 0.05) is 12.8 Å². The van der Waals surface area contributed by atoms with E-state index in [2.05, 4.69) is 56.4 Å². The maximum atomic E-state index is 12.1. The number of hydrogen-bond acceptors (Lipinski definition) is 5. The van der Waals surface area contributed by atoms with Gasteiger partial charge in [0.2, 0.25) is 0 Å². The van der Waals surface area contributed by atoms with Crippen LogP contribution in [0.3, 0.4) is 0 Å². The van der Waals surface area contributed by atoms with Crippen molar-refractivity contribution < 1.29 is 24.2 Å². The Morgan fingerprint density at radius 2 is 1.02 bits per heavy atom. The van der Waals surface area contributed by atoms with Crippen LogP contribution in [0.4, 0.5) is 0 Å². The molecule has 0 amide bonds. The van der Waals surface area contributed by atoms with E-state index in [0.717, 1.165) is 70.6 Å². The third-order valence-electron chi connectivity index (χ3n) is 7.42. The summed E-state index contributed by atoms with van der Waals surface area (Å²) in [5, 5.41) is 9.51. The van der Waals surface area contributed by atoms with Crippen LogP contribution in [-0.2, 0) is 19.1 Å². The van der Waals surface area contributed by atoms with Crippen molar-refractivity contribution in [1.82, 2.24) is 0 Å². The van der Waals surface area contributed by atoms with E-state index in [9.17, 15) is 14.7 Å². The molecule has 0 spiro atoms. The van der Waals surface area contributed by atoms with Gasteiger partial charge in [0.05, 0.1) is 6.61 Å². The minimum absolute atomic E-state index is 0.0808. The Bertz CT molecular complexity index is 737. The molecule has 5 nitrogen and oxygen atoms in total. The molecule has 43 heavy (non-hydrogen) atoms. The summed E-state index contributed by atoms with van der Waals surface area (Å²) in [7, 11) is 0. The zero-order chi connectivity index (χ0) is 31.5. The van der Waals surface area contributed by atoms with Crippen molar-refractivity contribution in [2.24, 2.45) is 0 Å². The smallest absolute Gasteiger partial charge is 0.306 e. The number of aliphatic hydroxyl groups is 1. The van der Waals surface area contributed by atoms with Crippen molar-refractivity contribution in [3.8, 4) is 0 Å². The van der Waals surface area contributed by atoms with Crippen LogP contribution in [0.5, 0.6) is 0 Å². The zero-order valence-electron chi connectivity index (χ0n) is 28.0. The summed E-state index contributed by atoms with van der Waals surface area (Å²) in [4.78, 5) is 24.1. The quantitative estimate of drug-likeness (QED) is 0.0370. The Hall–Kier alpha value is -2.14. The molecule has 5 heteroatoms. The first-order valence-electron chi connectivity index (χ1n) is 17.7. The average Bonchev–Trinajstić information content (AvgIpc) is 3.01. The van der Waals surface area contributed by atoms with E-state index in [1.165, 1.54) is 64.2 Å². The molecule has 0 aromatic carbocycles. The van der Waals surface area contributed by atoms with Gasteiger partial charge in [-0.3, -0.25) is 9.59 Å². The molecule has 0 aromatic heterocycles. The maximum absolute atomic E-state index is 12.1. The molecule has 0 saturated carbocycles. The predicted octanol–water partition coefficient (Wildman–Crippen LogP) is 10.7. The van der Waals surface area contributed by atoms with Gasteiger partial charge < -0.3 is 14.6 Å². The Labute approximate surface area is 265 Å². The molecule has 0 saturated heterocycles. The first-order chi connectivity index (χ1) is 21.1. The van der Waals surface area contributed by atoms with E-state index in [1.807, 2.05) is 6.08 Å². The summed E-state index contributed by atoms with van der Waals surface area (Å²) in [5.74, 6) is -0.628. The van der Waals surface area contributed by atoms with Gasteiger partial charge in [0.25, 0.3) is 0 Å². The van der Waals surface area contributed by atoms with E-state index >= 15 is 0 Å². The summed E-state index contributed by atoms with van der Waals surface area (Å²) >= 11 is 0. The molecule has 0 radical (unpaired) electrons. The van der Waals surface area contributed by atoms with Crippen molar-refractivity contribution in [1.29, 1.82) is 0 Å². The molecule has 0 aromatic rings. The lowest BCUT2D eigenvalue weighted by Gasteiger charge is -2.15. The fourth-order valence-corrected chi connectivity index (χ4v) is 4.72. The average molecular weight is 603 g/mol. The second-order valence-electron chi connectivity index (χ2n) is 11.6. The maximum Gasteiger partial charge on any atom is 0.306 e. The molecule has 0 aliphatic rings. The number of carbonyl (C=O) groups excluding carboxylic acids is 2. The van der Waals surface area contributed by atoms with Crippen molar-refractivity contribution in [2.75, 3.05) is 13.2 Å². The summed E-state index contributed by atoms with van der Waals surface area (Å²) in [6.07, 6.45) is 41.6. The van der Waals surface area contributed by atoms with Gasteiger partial charge >= 0.3 is 11.9 Å². The number of allylic oxidation sites excluding steroid dienone is 8. The highest BCUT2D eigenvalue weighted by Gasteiger charge is 2.16. The van der Waals surface area contributed by atoms with Gasteiger partial charge in [0.1, 0.15) is 6.61 Å². The van der Waals surface area contributed by atoms with Crippen LogP contribution in [-0.4, -0.2) is 36.4 Å². The van der Waals surface area contributed by atoms with Crippen LogP contribution in [0.1, 0.15) is 162 Å². The van der Waals surface area contributed by atoms with Crippen molar-refractivity contribution in [3.05, 3.63) is 48.6 Å². The van der Waals surface area contributed by atoms with Crippen molar-refractivity contribution >= 4 is 11.9 Å². The van der Waals surface area contributed by atoms with Gasteiger partial charge in [0.15, 0.2) is 6.10 Å². The number of carbonyl (C=O) groups is 2. The lowest BCUT2D eigenvalue weighted by atomic mass is 10.1. The minimum atomic E-state index is -0.783. The topological polar surface area (TPSA) is 72.8 Å². The predicted molar refractivity (Wildman–Crippen MR) is 182 cm³/mol. The van der Waals surface area contributed by atoms with E-state index in [1.54, 1.807) is 0 Å². The monoisotopic (exact) mass is 602 g/mol. The number of hydrogen-bond donors (Lipinski definition) is 1. The Balaban J connectivity index is 3.62. The highest BCUT2D eigenvalue weighted by molar-refractivity contribution is 5.70. The van der Waals surface area contributed by atoms with Crippen molar-refractivity contribution in [2.45, 2.75) is 168 Å². The molecule has 0 heterocycles. The van der Waals surface area contributed by atoms with E-state index in [4.69, 9.17) is 9.47 Å². The molecule has 0 aliphatic carbocycles. The normalized spacial score (nSPS) is 12.7. The minimum Gasteiger partial charge on any atom is -0.462 e. The van der Waals surface area contributed by atoms with Gasteiger partial charge in [-0.1, -0.05) is 140 Å².